The Hall–Kier alpha value is -1.55. The zero-order valence-corrected chi connectivity index (χ0v) is 10.4. The molecule has 0 atom stereocenters. The summed E-state index contributed by atoms with van der Waals surface area (Å²) in [6, 6.07) is 7.98. The molecule has 1 heterocycles. The summed E-state index contributed by atoms with van der Waals surface area (Å²) in [5.74, 6) is 0.551. The van der Waals surface area contributed by atoms with Crippen LogP contribution in [0.25, 0.3) is 0 Å². The van der Waals surface area contributed by atoms with Crippen LogP contribution in [0.3, 0.4) is 0 Å². The molecule has 0 bridgehead atoms. The second-order valence-electron chi connectivity index (χ2n) is 4.90. The van der Waals surface area contributed by atoms with Crippen LogP contribution in [0.4, 0.5) is 4.79 Å². The third kappa shape index (κ3) is 3.23. The minimum absolute atomic E-state index is 0.0747. The summed E-state index contributed by atoms with van der Waals surface area (Å²) in [6.07, 6.45) is 2.02. The number of aliphatic hydroxyl groups is 1. The Balaban J connectivity index is 1.89. The first-order chi connectivity index (χ1) is 8.69. The van der Waals surface area contributed by atoms with Crippen molar-refractivity contribution in [1.82, 2.24) is 4.90 Å². The van der Waals surface area contributed by atoms with Crippen LogP contribution in [0, 0.1) is 5.92 Å². The van der Waals surface area contributed by atoms with Crippen molar-refractivity contribution in [3.63, 3.8) is 0 Å². The lowest BCUT2D eigenvalue weighted by Crippen LogP contribution is -2.37. The molecule has 18 heavy (non-hydrogen) atoms. The number of hydrogen-bond donors (Lipinski definition) is 2. The molecule has 1 saturated heterocycles. The van der Waals surface area contributed by atoms with E-state index in [4.69, 9.17) is 10.2 Å². The van der Waals surface area contributed by atoms with Gasteiger partial charge in [-0.25, -0.2) is 4.79 Å². The van der Waals surface area contributed by atoms with Crippen LogP contribution in [0.15, 0.2) is 24.3 Å². The van der Waals surface area contributed by atoms with Crippen molar-refractivity contribution >= 4 is 6.09 Å². The van der Waals surface area contributed by atoms with Gasteiger partial charge in [-0.1, -0.05) is 24.3 Å². The number of carbonyl (C=O) groups is 1. The Labute approximate surface area is 107 Å². The molecule has 98 valence electrons. The number of nitrogens with zero attached hydrogens (tertiary/aromatic N) is 1. The van der Waals surface area contributed by atoms with E-state index >= 15 is 0 Å². The highest BCUT2D eigenvalue weighted by Gasteiger charge is 2.22. The van der Waals surface area contributed by atoms with Crippen molar-refractivity contribution in [3.8, 4) is 0 Å². The zero-order valence-electron chi connectivity index (χ0n) is 10.4. The quantitative estimate of drug-likeness (QED) is 0.862. The first-order valence-electron chi connectivity index (χ1n) is 6.35. The molecule has 0 spiro atoms. The predicted octanol–water partition coefficient (Wildman–Crippen LogP) is 2.11. The van der Waals surface area contributed by atoms with E-state index in [0.717, 1.165) is 24.8 Å². The molecule has 0 unspecified atom stereocenters. The fraction of sp³-hybridized carbons (Fsp3) is 0.500. The monoisotopic (exact) mass is 249 g/mol. The van der Waals surface area contributed by atoms with Gasteiger partial charge in [0.05, 0.1) is 6.61 Å². The van der Waals surface area contributed by atoms with E-state index in [1.807, 2.05) is 18.2 Å². The van der Waals surface area contributed by atoms with Gasteiger partial charge in [-0.05, 0) is 36.3 Å². The fourth-order valence-electron chi connectivity index (χ4n) is 2.52. The molecular formula is C14H19NO3. The van der Waals surface area contributed by atoms with Crippen molar-refractivity contribution in [2.24, 2.45) is 5.92 Å². The number of carboxylic acid groups (broad SMARTS) is 1. The Morgan fingerprint density at radius 2 is 1.94 bits per heavy atom. The number of likely N-dealkylation sites (tertiary alicyclic amines) is 1. The van der Waals surface area contributed by atoms with Gasteiger partial charge in [0.25, 0.3) is 0 Å². The highest BCUT2D eigenvalue weighted by atomic mass is 16.4. The third-order valence-corrected chi connectivity index (χ3v) is 3.58. The zero-order chi connectivity index (χ0) is 13.0. The van der Waals surface area contributed by atoms with Gasteiger partial charge in [-0.3, -0.25) is 0 Å². The molecule has 1 fully saturated rings. The molecule has 1 aliphatic heterocycles. The van der Waals surface area contributed by atoms with Gasteiger partial charge >= 0.3 is 6.09 Å². The van der Waals surface area contributed by atoms with Gasteiger partial charge in [0.15, 0.2) is 0 Å². The molecule has 2 N–H and O–H groups in total. The number of piperidine rings is 1. The maximum atomic E-state index is 10.8. The lowest BCUT2D eigenvalue weighted by atomic mass is 9.90. The predicted molar refractivity (Wildman–Crippen MR) is 68.4 cm³/mol. The van der Waals surface area contributed by atoms with E-state index in [1.165, 1.54) is 10.5 Å². The van der Waals surface area contributed by atoms with Gasteiger partial charge in [-0.15, -0.1) is 0 Å². The van der Waals surface area contributed by atoms with Crippen molar-refractivity contribution < 1.29 is 15.0 Å². The molecule has 0 radical (unpaired) electrons. The highest BCUT2D eigenvalue weighted by molar-refractivity contribution is 5.64. The van der Waals surface area contributed by atoms with Crippen LogP contribution in [-0.2, 0) is 13.0 Å². The second kappa shape index (κ2) is 5.87. The molecule has 4 heteroatoms. The standard InChI is InChI=1S/C14H19NO3/c16-10-13-3-1-2-12(9-13)8-11-4-6-15(7-5-11)14(17)18/h1-3,9,11,16H,4-8,10H2,(H,17,18). The van der Waals surface area contributed by atoms with E-state index in [1.54, 1.807) is 0 Å². The lowest BCUT2D eigenvalue weighted by molar-refractivity contribution is 0.124. The molecule has 1 aromatic carbocycles. The summed E-state index contributed by atoms with van der Waals surface area (Å²) in [5, 5.41) is 18.0. The average molecular weight is 249 g/mol. The maximum absolute atomic E-state index is 10.8. The van der Waals surface area contributed by atoms with Crippen LogP contribution in [0.1, 0.15) is 24.0 Å². The van der Waals surface area contributed by atoms with Crippen LogP contribution in [0.2, 0.25) is 0 Å². The van der Waals surface area contributed by atoms with E-state index in [-0.39, 0.29) is 6.61 Å². The number of benzene rings is 1. The van der Waals surface area contributed by atoms with Gasteiger partial charge in [0.1, 0.15) is 0 Å². The first-order valence-corrected chi connectivity index (χ1v) is 6.35. The van der Waals surface area contributed by atoms with Gasteiger partial charge in [0, 0.05) is 13.1 Å². The van der Waals surface area contributed by atoms with E-state index in [9.17, 15) is 4.79 Å². The SMILES string of the molecule is O=C(O)N1CCC(Cc2cccc(CO)c2)CC1. The Morgan fingerprint density at radius 1 is 1.28 bits per heavy atom. The highest BCUT2D eigenvalue weighted by Crippen LogP contribution is 2.22. The summed E-state index contributed by atoms with van der Waals surface area (Å²) < 4.78 is 0. The number of amides is 1. The lowest BCUT2D eigenvalue weighted by Gasteiger charge is -2.30. The summed E-state index contributed by atoms with van der Waals surface area (Å²) in [6.45, 7) is 1.35. The number of aliphatic hydroxyl groups excluding tert-OH is 1. The van der Waals surface area contributed by atoms with Crippen molar-refractivity contribution in [2.75, 3.05) is 13.1 Å². The number of hydrogen-bond acceptors (Lipinski definition) is 2. The largest absolute Gasteiger partial charge is 0.465 e. The molecule has 2 rings (SSSR count). The smallest absolute Gasteiger partial charge is 0.407 e. The van der Waals surface area contributed by atoms with Gasteiger partial charge in [0.2, 0.25) is 0 Å². The van der Waals surface area contributed by atoms with Crippen LogP contribution >= 0.6 is 0 Å². The normalized spacial score (nSPS) is 16.8. The van der Waals surface area contributed by atoms with Crippen LogP contribution < -0.4 is 0 Å². The van der Waals surface area contributed by atoms with Crippen LogP contribution in [0.5, 0.6) is 0 Å². The summed E-state index contributed by atoms with van der Waals surface area (Å²) >= 11 is 0. The minimum atomic E-state index is -0.810. The van der Waals surface area contributed by atoms with E-state index in [2.05, 4.69) is 6.07 Å². The van der Waals surface area contributed by atoms with Crippen molar-refractivity contribution in [2.45, 2.75) is 25.9 Å². The molecule has 1 aliphatic rings. The molecular weight excluding hydrogens is 230 g/mol. The van der Waals surface area contributed by atoms with Crippen molar-refractivity contribution in [3.05, 3.63) is 35.4 Å². The topological polar surface area (TPSA) is 60.8 Å². The summed E-state index contributed by atoms with van der Waals surface area (Å²) in [7, 11) is 0. The Bertz CT molecular complexity index is 411. The molecule has 1 amide bonds. The van der Waals surface area contributed by atoms with Crippen molar-refractivity contribution in [1.29, 1.82) is 0 Å². The number of rotatable bonds is 3. The van der Waals surface area contributed by atoms with Crippen LogP contribution in [-0.4, -0.2) is 34.3 Å². The first kappa shape index (κ1) is 12.9. The Morgan fingerprint density at radius 3 is 2.56 bits per heavy atom. The van der Waals surface area contributed by atoms with E-state index < -0.39 is 6.09 Å². The van der Waals surface area contributed by atoms with E-state index in [0.29, 0.717) is 19.0 Å². The molecule has 0 aromatic heterocycles. The molecule has 0 aliphatic carbocycles. The fourth-order valence-corrected chi connectivity index (χ4v) is 2.52. The average Bonchev–Trinajstić information content (AvgIpc) is 2.39. The van der Waals surface area contributed by atoms with Gasteiger partial charge < -0.3 is 15.1 Å². The summed E-state index contributed by atoms with van der Waals surface area (Å²) in [5.41, 5.74) is 2.17. The van der Waals surface area contributed by atoms with Gasteiger partial charge in [-0.2, -0.15) is 0 Å². The second-order valence-corrected chi connectivity index (χ2v) is 4.90. The molecule has 4 nitrogen and oxygen atoms in total. The molecule has 1 aromatic rings. The third-order valence-electron chi connectivity index (χ3n) is 3.58. The molecule has 0 saturated carbocycles. The minimum Gasteiger partial charge on any atom is -0.465 e. The summed E-state index contributed by atoms with van der Waals surface area (Å²) in [4.78, 5) is 12.3. The Kier molecular flexibility index (Phi) is 4.20. The maximum Gasteiger partial charge on any atom is 0.407 e.